The number of rotatable bonds is 3. The van der Waals surface area contributed by atoms with Crippen molar-refractivity contribution in [3.05, 3.63) is 47.2 Å². The number of amides is 2. The molecule has 3 N–H and O–H groups in total. The van der Waals surface area contributed by atoms with Crippen molar-refractivity contribution in [2.45, 2.75) is 6.10 Å². The zero-order valence-electron chi connectivity index (χ0n) is 12.9. The van der Waals surface area contributed by atoms with Crippen LogP contribution in [0.1, 0.15) is 11.7 Å². The SMILES string of the molecule is [B]c1cc([C@@H]2CNCCO2)ccc1NC(=O)Nc1ccc(Cl)nc1. The first-order chi connectivity index (χ1) is 11.6. The fraction of sp³-hybridized carbons (Fsp3) is 0.250. The molecule has 8 heteroatoms. The zero-order valence-corrected chi connectivity index (χ0v) is 13.6. The molecule has 2 radical (unpaired) electrons. The summed E-state index contributed by atoms with van der Waals surface area (Å²) in [4.78, 5) is 15.9. The maximum Gasteiger partial charge on any atom is 0.323 e. The Kier molecular flexibility index (Phi) is 5.35. The number of carbonyl (C=O) groups is 1. The van der Waals surface area contributed by atoms with Gasteiger partial charge >= 0.3 is 6.03 Å². The Hall–Kier alpha value is -2.09. The molecule has 0 aliphatic carbocycles. The Morgan fingerprint density at radius 2 is 2.21 bits per heavy atom. The summed E-state index contributed by atoms with van der Waals surface area (Å²) in [5.74, 6) is 0. The number of nitrogens with zero attached hydrogens (tertiary/aromatic N) is 1. The van der Waals surface area contributed by atoms with Gasteiger partial charge in [-0.05, 0) is 23.8 Å². The van der Waals surface area contributed by atoms with Gasteiger partial charge in [-0.2, -0.15) is 0 Å². The Labute approximate surface area is 146 Å². The number of halogens is 1. The summed E-state index contributed by atoms with van der Waals surface area (Å²) in [6, 6.07) is 8.33. The second-order valence-corrected chi connectivity index (χ2v) is 5.75. The lowest BCUT2D eigenvalue weighted by Crippen LogP contribution is -2.33. The molecule has 1 saturated heterocycles. The van der Waals surface area contributed by atoms with Crippen molar-refractivity contribution in [2.24, 2.45) is 0 Å². The van der Waals surface area contributed by atoms with Gasteiger partial charge in [-0.15, -0.1) is 0 Å². The van der Waals surface area contributed by atoms with E-state index in [0.717, 1.165) is 18.7 Å². The minimum Gasteiger partial charge on any atom is -0.371 e. The molecule has 24 heavy (non-hydrogen) atoms. The van der Waals surface area contributed by atoms with E-state index in [2.05, 4.69) is 20.9 Å². The first-order valence-electron chi connectivity index (χ1n) is 7.53. The van der Waals surface area contributed by atoms with Gasteiger partial charge in [0.2, 0.25) is 0 Å². The van der Waals surface area contributed by atoms with E-state index in [1.54, 1.807) is 18.2 Å². The minimum absolute atomic E-state index is 0.0240. The number of morpholine rings is 1. The van der Waals surface area contributed by atoms with Crippen LogP contribution in [0.2, 0.25) is 5.15 Å². The highest BCUT2D eigenvalue weighted by molar-refractivity contribution is 6.36. The van der Waals surface area contributed by atoms with Crippen molar-refractivity contribution in [3.8, 4) is 0 Å². The van der Waals surface area contributed by atoms with Crippen LogP contribution < -0.4 is 21.4 Å². The fourth-order valence-corrected chi connectivity index (χ4v) is 2.52. The first kappa shape index (κ1) is 16.8. The summed E-state index contributed by atoms with van der Waals surface area (Å²) in [6.07, 6.45) is 1.45. The molecule has 122 valence electrons. The number of aromatic nitrogens is 1. The van der Waals surface area contributed by atoms with E-state index >= 15 is 0 Å². The molecule has 2 amide bonds. The number of carbonyl (C=O) groups excluding carboxylic acids is 1. The van der Waals surface area contributed by atoms with Gasteiger partial charge < -0.3 is 20.7 Å². The predicted octanol–water partition coefficient (Wildman–Crippen LogP) is 1.83. The molecule has 6 nitrogen and oxygen atoms in total. The normalized spacial score (nSPS) is 17.3. The number of nitrogens with one attached hydrogen (secondary N) is 3. The predicted molar refractivity (Wildman–Crippen MR) is 95.3 cm³/mol. The van der Waals surface area contributed by atoms with Crippen LogP contribution in [-0.2, 0) is 4.74 Å². The van der Waals surface area contributed by atoms with E-state index in [1.165, 1.54) is 6.20 Å². The molecular weight excluding hydrogens is 326 g/mol. The van der Waals surface area contributed by atoms with Crippen LogP contribution in [-0.4, -0.2) is 38.6 Å². The molecule has 2 heterocycles. The number of urea groups is 1. The molecule has 1 fully saturated rings. The molecule has 2 aromatic rings. The van der Waals surface area contributed by atoms with Gasteiger partial charge in [-0.3, -0.25) is 0 Å². The highest BCUT2D eigenvalue weighted by atomic mass is 35.5. The summed E-state index contributed by atoms with van der Waals surface area (Å²) in [6.45, 7) is 2.27. The first-order valence-corrected chi connectivity index (χ1v) is 7.91. The van der Waals surface area contributed by atoms with Crippen LogP contribution in [0, 0.1) is 0 Å². The largest absolute Gasteiger partial charge is 0.371 e. The smallest absolute Gasteiger partial charge is 0.323 e. The number of anilines is 2. The zero-order chi connectivity index (χ0) is 16.9. The molecular formula is C16H16BClN4O2. The maximum atomic E-state index is 12.0. The van der Waals surface area contributed by atoms with Crippen molar-refractivity contribution < 1.29 is 9.53 Å². The van der Waals surface area contributed by atoms with Crippen molar-refractivity contribution in [2.75, 3.05) is 30.3 Å². The molecule has 1 atom stereocenters. The van der Waals surface area contributed by atoms with Crippen LogP contribution >= 0.6 is 11.6 Å². The summed E-state index contributed by atoms with van der Waals surface area (Å²) in [5, 5.41) is 9.00. The monoisotopic (exact) mass is 342 g/mol. The summed E-state index contributed by atoms with van der Waals surface area (Å²) >= 11 is 5.71. The molecule has 3 rings (SSSR count). The van der Waals surface area contributed by atoms with Gasteiger partial charge in [-0.1, -0.05) is 29.2 Å². The van der Waals surface area contributed by atoms with Crippen LogP contribution in [0.15, 0.2) is 36.5 Å². The Bertz CT molecular complexity index is 721. The van der Waals surface area contributed by atoms with E-state index in [0.29, 0.717) is 28.6 Å². The second kappa shape index (κ2) is 7.66. The van der Waals surface area contributed by atoms with Gasteiger partial charge in [-0.25, -0.2) is 9.78 Å². The van der Waals surface area contributed by atoms with Crippen LogP contribution in [0.5, 0.6) is 0 Å². The topological polar surface area (TPSA) is 75.3 Å². The molecule has 1 aromatic heterocycles. The highest BCUT2D eigenvalue weighted by Gasteiger charge is 2.16. The van der Waals surface area contributed by atoms with Crippen molar-refractivity contribution in [1.29, 1.82) is 0 Å². The third-order valence-electron chi connectivity index (χ3n) is 3.61. The van der Waals surface area contributed by atoms with E-state index in [9.17, 15) is 4.79 Å². The molecule has 1 aliphatic rings. The standard InChI is InChI=1S/C16H16BClN4O2/c17-12-7-10(14-9-19-5-6-24-14)1-3-13(12)22-16(23)21-11-2-4-15(18)20-8-11/h1-4,7-8,14,19H,5-6,9H2,(H2,21,22,23)/t14-/m0/s1. The highest BCUT2D eigenvalue weighted by Crippen LogP contribution is 2.19. The van der Waals surface area contributed by atoms with Crippen LogP contribution in [0.3, 0.4) is 0 Å². The third-order valence-corrected chi connectivity index (χ3v) is 3.83. The number of ether oxygens (including phenoxy) is 1. The average molecular weight is 343 g/mol. The second-order valence-electron chi connectivity index (χ2n) is 5.36. The van der Waals surface area contributed by atoms with Crippen molar-refractivity contribution >= 4 is 42.3 Å². The average Bonchev–Trinajstić information content (AvgIpc) is 2.59. The van der Waals surface area contributed by atoms with Crippen LogP contribution in [0.4, 0.5) is 16.2 Å². The van der Waals surface area contributed by atoms with Gasteiger partial charge in [0.1, 0.15) is 13.0 Å². The number of benzene rings is 1. The molecule has 0 saturated carbocycles. The van der Waals surface area contributed by atoms with Crippen molar-refractivity contribution in [3.63, 3.8) is 0 Å². The molecule has 0 unspecified atom stereocenters. The van der Waals surface area contributed by atoms with Gasteiger partial charge in [0.05, 0.1) is 24.6 Å². The molecule has 0 spiro atoms. The third kappa shape index (κ3) is 4.26. The minimum atomic E-state index is -0.408. The van der Waals surface area contributed by atoms with E-state index in [4.69, 9.17) is 24.2 Å². The fourth-order valence-electron chi connectivity index (χ4n) is 2.41. The van der Waals surface area contributed by atoms with E-state index < -0.39 is 6.03 Å². The molecule has 1 aliphatic heterocycles. The molecule has 0 bridgehead atoms. The van der Waals surface area contributed by atoms with Gasteiger partial charge in [0.15, 0.2) is 0 Å². The lowest BCUT2D eigenvalue weighted by Gasteiger charge is -2.24. The Morgan fingerprint density at radius 1 is 1.33 bits per heavy atom. The molecule has 1 aromatic carbocycles. The Balaban J connectivity index is 1.64. The quantitative estimate of drug-likeness (QED) is 0.588. The summed E-state index contributed by atoms with van der Waals surface area (Å²) in [5.41, 5.74) is 2.52. The van der Waals surface area contributed by atoms with Gasteiger partial charge in [0, 0.05) is 18.8 Å². The van der Waals surface area contributed by atoms with Gasteiger partial charge in [0.25, 0.3) is 0 Å². The number of pyridine rings is 1. The number of hydrogen-bond acceptors (Lipinski definition) is 4. The lowest BCUT2D eigenvalue weighted by atomic mass is 9.90. The lowest BCUT2D eigenvalue weighted by molar-refractivity contribution is 0.0277. The Morgan fingerprint density at radius 3 is 2.88 bits per heavy atom. The summed E-state index contributed by atoms with van der Waals surface area (Å²) in [7, 11) is 6.04. The van der Waals surface area contributed by atoms with E-state index in [-0.39, 0.29) is 6.10 Å². The number of hydrogen-bond donors (Lipinski definition) is 3. The van der Waals surface area contributed by atoms with Crippen LogP contribution in [0.25, 0.3) is 0 Å². The van der Waals surface area contributed by atoms with E-state index in [1.807, 2.05) is 12.1 Å². The van der Waals surface area contributed by atoms with Crippen molar-refractivity contribution in [1.82, 2.24) is 10.3 Å². The maximum absolute atomic E-state index is 12.0. The summed E-state index contributed by atoms with van der Waals surface area (Å²) < 4.78 is 5.69.